The summed E-state index contributed by atoms with van der Waals surface area (Å²) in [6.45, 7) is 8.25. The van der Waals surface area contributed by atoms with Gasteiger partial charge in [0.2, 0.25) is 0 Å². The van der Waals surface area contributed by atoms with Crippen molar-refractivity contribution in [2.75, 3.05) is 0 Å². The lowest BCUT2D eigenvalue weighted by molar-refractivity contribution is -0.127. The second-order valence-corrected chi connectivity index (χ2v) is 4.57. The zero-order valence-corrected chi connectivity index (χ0v) is 9.37. The number of hydrogen-bond acceptors (Lipinski definition) is 2. The molecule has 0 aliphatic rings. The van der Waals surface area contributed by atoms with Crippen LogP contribution in [0.4, 0.5) is 0 Å². The van der Waals surface area contributed by atoms with E-state index in [2.05, 4.69) is 12.0 Å². The number of carbonyl (C=O) groups is 1. The van der Waals surface area contributed by atoms with Gasteiger partial charge in [-0.25, -0.2) is 0 Å². The Kier molecular flexibility index (Phi) is 3.09. The molecule has 1 aromatic rings. The Morgan fingerprint density at radius 3 is 2.57 bits per heavy atom. The maximum atomic E-state index is 11.7. The first kappa shape index (κ1) is 11.0. The molecule has 0 aromatic carbocycles. The quantitative estimate of drug-likeness (QED) is 0.738. The molecule has 0 saturated heterocycles. The maximum absolute atomic E-state index is 11.7. The molecule has 1 rings (SSSR count). The summed E-state index contributed by atoms with van der Waals surface area (Å²) in [7, 11) is 0. The maximum Gasteiger partial charge on any atom is 0.159 e. The third-order valence-electron chi connectivity index (χ3n) is 2.24. The van der Waals surface area contributed by atoms with E-state index in [1.165, 1.54) is 5.56 Å². The highest BCUT2D eigenvalue weighted by atomic mass is 16.1. The summed E-state index contributed by atoms with van der Waals surface area (Å²) in [6.07, 6.45) is 4.71. The van der Waals surface area contributed by atoms with Gasteiger partial charge in [-0.2, -0.15) is 5.10 Å². The van der Waals surface area contributed by atoms with Gasteiger partial charge in [-0.1, -0.05) is 27.7 Å². The van der Waals surface area contributed by atoms with Gasteiger partial charge in [0.05, 0.1) is 12.7 Å². The zero-order chi connectivity index (χ0) is 10.8. The molecular formula is C11H18N2O. The lowest BCUT2D eigenvalue weighted by Gasteiger charge is -2.16. The van der Waals surface area contributed by atoms with Crippen LogP contribution in [0.2, 0.25) is 0 Å². The van der Waals surface area contributed by atoms with Gasteiger partial charge in [0.25, 0.3) is 0 Å². The van der Waals surface area contributed by atoms with Crippen molar-refractivity contribution in [3.63, 3.8) is 0 Å². The van der Waals surface area contributed by atoms with Crippen LogP contribution >= 0.6 is 0 Å². The average molecular weight is 194 g/mol. The van der Waals surface area contributed by atoms with Crippen LogP contribution in [0.3, 0.4) is 0 Å². The van der Waals surface area contributed by atoms with E-state index in [9.17, 15) is 4.79 Å². The van der Waals surface area contributed by atoms with Crippen LogP contribution in [-0.2, 0) is 17.8 Å². The number of aryl methyl sites for hydroxylation is 1. The van der Waals surface area contributed by atoms with Crippen molar-refractivity contribution in [1.29, 1.82) is 0 Å². The van der Waals surface area contributed by atoms with Crippen molar-refractivity contribution >= 4 is 5.78 Å². The van der Waals surface area contributed by atoms with E-state index in [4.69, 9.17) is 0 Å². The third-order valence-corrected chi connectivity index (χ3v) is 2.24. The molecule has 3 heteroatoms. The normalized spacial score (nSPS) is 11.7. The molecule has 0 aliphatic carbocycles. The fourth-order valence-corrected chi connectivity index (χ4v) is 1.06. The summed E-state index contributed by atoms with van der Waals surface area (Å²) in [5, 5.41) is 4.14. The fourth-order valence-electron chi connectivity index (χ4n) is 1.06. The molecule has 0 saturated carbocycles. The number of Topliss-reactive ketones (excluding diaryl/α,β-unsaturated/α-hetero) is 1. The Balaban J connectivity index is 2.65. The monoisotopic (exact) mass is 194 g/mol. The van der Waals surface area contributed by atoms with Gasteiger partial charge in [0, 0.05) is 11.6 Å². The summed E-state index contributed by atoms with van der Waals surface area (Å²) in [5.41, 5.74) is 0.893. The second-order valence-electron chi connectivity index (χ2n) is 4.57. The van der Waals surface area contributed by atoms with Crippen LogP contribution in [0.15, 0.2) is 12.4 Å². The number of ketones is 1. The molecule has 0 radical (unpaired) electrons. The Hall–Kier alpha value is -1.12. The third kappa shape index (κ3) is 2.69. The molecule has 1 aromatic heterocycles. The van der Waals surface area contributed by atoms with E-state index >= 15 is 0 Å². The molecule has 1 heterocycles. The Bertz CT molecular complexity index is 320. The minimum atomic E-state index is -0.279. The van der Waals surface area contributed by atoms with Gasteiger partial charge < -0.3 is 0 Å². The van der Waals surface area contributed by atoms with Crippen molar-refractivity contribution in [3.05, 3.63) is 18.0 Å². The standard InChI is InChI=1S/C11H18N2O/c1-5-9-6-12-13(7-9)8-10(14)11(2,3)4/h6-7H,5,8H2,1-4H3. The first-order chi connectivity index (χ1) is 6.43. The van der Waals surface area contributed by atoms with Gasteiger partial charge in [0.1, 0.15) is 0 Å². The highest BCUT2D eigenvalue weighted by Gasteiger charge is 2.21. The van der Waals surface area contributed by atoms with Crippen LogP contribution in [0.25, 0.3) is 0 Å². The highest BCUT2D eigenvalue weighted by Crippen LogP contribution is 2.15. The summed E-state index contributed by atoms with van der Waals surface area (Å²) < 4.78 is 1.71. The first-order valence-corrected chi connectivity index (χ1v) is 4.98. The summed E-state index contributed by atoms with van der Waals surface area (Å²) in [6, 6.07) is 0. The zero-order valence-electron chi connectivity index (χ0n) is 9.37. The Labute approximate surface area is 85.1 Å². The van der Waals surface area contributed by atoms with Gasteiger partial charge in [0.15, 0.2) is 5.78 Å². The van der Waals surface area contributed by atoms with Crippen molar-refractivity contribution in [3.8, 4) is 0 Å². The lowest BCUT2D eigenvalue weighted by atomic mass is 9.91. The predicted molar refractivity (Wildman–Crippen MR) is 56.1 cm³/mol. The van der Waals surface area contributed by atoms with E-state index in [0.717, 1.165) is 6.42 Å². The Morgan fingerprint density at radius 2 is 2.14 bits per heavy atom. The van der Waals surface area contributed by atoms with Gasteiger partial charge in [-0.3, -0.25) is 9.48 Å². The van der Waals surface area contributed by atoms with Crippen molar-refractivity contribution < 1.29 is 4.79 Å². The molecule has 0 spiro atoms. The van der Waals surface area contributed by atoms with Gasteiger partial charge >= 0.3 is 0 Å². The summed E-state index contributed by atoms with van der Waals surface area (Å²) in [4.78, 5) is 11.7. The fraction of sp³-hybridized carbons (Fsp3) is 0.636. The van der Waals surface area contributed by atoms with Gasteiger partial charge in [-0.15, -0.1) is 0 Å². The van der Waals surface area contributed by atoms with Crippen molar-refractivity contribution in [2.45, 2.75) is 40.7 Å². The molecule has 14 heavy (non-hydrogen) atoms. The molecule has 0 atom stereocenters. The second kappa shape index (κ2) is 3.95. The molecule has 78 valence electrons. The molecule has 0 amide bonds. The molecule has 0 aliphatic heterocycles. The van der Waals surface area contributed by atoms with Crippen molar-refractivity contribution in [2.24, 2.45) is 5.41 Å². The lowest BCUT2D eigenvalue weighted by Crippen LogP contribution is -2.25. The van der Waals surface area contributed by atoms with E-state index in [0.29, 0.717) is 6.54 Å². The molecular weight excluding hydrogens is 176 g/mol. The molecule has 0 N–H and O–H groups in total. The molecule has 0 fully saturated rings. The number of hydrogen-bond donors (Lipinski definition) is 0. The van der Waals surface area contributed by atoms with E-state index < -0.39 is 0 Å². The van der Waals surface area contributed by atoms with Crippen molar-refractivity contribution in [1.82, 2.24) is 9.78 Å². The average Bonchev–Trinajstić information content (AvgIpc) is 2.50. The SMILES string of the molecule is CCc1cnn(CC(=O)C(C)(C)C)c1. The largest absolute Gasteiger partial charge is 0.297 e. The summed E-state index contributed by atoms with van der Waals surface area (Å²) >= 11 is 0. The number of rotatable bonds is 3. The topological polar surface area (TPSA) is 34.9 Å². The molecule has 0 unspecified atom stereocenters. The minimum Gasteiger partial charge on any atom is -0.297 e. The van der Waals surface area contributed by atoms with Crippen LogP contribution < -0.4 is 0 Å². The van der Waals surface area contributed by atoms with Crippen LogP contribution in [0.1, 0.15) is 33.3 Å². The van der Waals surface area contributed by atoms with Crippen LogP contribution in [-0.4, -0.2) is 15.6 Å². The van der Waals surface area contributed by atoms with Gasteiger partial charge in [-0.05, 0) is 12.0 Å². The predicted octanol–water partition coefficient (Wildman–Crippen LogP) is 2.06. The smallest absolute Gasteiger partial charge is 0.159 e. The van der Waals surface area contributed by atoms with Crippen LogP contribution in [0, 0.1) is 5.41 Å². The molecule has 3 nitrogen and oxygen atoms in total. The van der Waals surface area contributed by atoms with Crippen LogP contribution in [0.5, 0.6) is 0 Å². The minimum absolute atomic E-state index is 0.211. The number of nitrogens with zero attached hydrogens (tertiary/aromatic N) is 2. The number of carbonyl (C=O) groups excluding carboxylic acids is 1. The Morgan fingerprint density at radius 1 is 1.50 bits per heavy atom. The highest BCUT2D eigenvalue weighted by molar-refractivity contribution is 5.83. The van der Waals surface area contributed by atoms with E-state index in [1.54, 1.807) is 4.68 Å². The first-order valence-electron chi connectivity index (χ1n) is 4.98. The molecule has 0 bridgehead atoms. The number of aromatic nitrogens is 2. The summed E-state index contributed by atoms with van der Waals surface area (Å²) in [5.74, 6) is 0.211. The van der Waals surface area contributed by atoms with E-state index in [1.807, 2.05) is 33.2 Å². The van der Waals surface area contributed by atoms with E-state index in [-0.39, 0.29) is 11.2 Å².